The van der Waals surface area contributed by atoms with Crippen molar-refractivity contribution in [3.8, 4) is 11.8 Å². The van der Waals surface area contributed by atoms with Crippen molar-refractivity contribution < 1.29 is 4.79 Å². The number of benzene rings is 2. The molecule has 1 fully saturated rings. The van der Waals surface area contributed by atoms with Crippen LogP contribution in [0.2, 0.25) is 0 Å². The Morgan fingerprint density at radius 3 is 2.41 bits per heavy atom. The van der Waals surface area contributed by atoms with Gasteiger partial charge in [0.15, 0.2) is 5.16 Å². The van der Waals surface area contributed by atoms with Crippen molar-refractivity contribution in [1.82, 2.24) is 14.8 Å². The van der Waals surface area contributed by atoms with Crippen LogP contribution in [0, 0.1) is 18.3 Å². The number of amides is 1. The van der Waals surface area contributed by atoms with Crippen molar-refractivity contribution >= 4 is 29.3 Å². The predicted molar refractivity (Wildman–Crippen MR) is 127 cm³/mol. The molecule has 7 nitrogen and oxygen atoms in total. The third kappa shape index (κ3) is 4.94. The van der Waals surface area contributed by atoms with Gasteiger partial charge in [0.1, 0.15) is 0 Å². The lowest BCUT2D eigenvalue weighted by Gasteiger charge is -2.28. The lowest BCUT2D eigenvalue weighted by Crippen LogP contribution is -2.31. The molecule has 1 atom stereocenters. The summed E-state index contributed by atoms with van der Waals surface area (Å²) in [5.74, 6) is 0.702. The molecular formula is C24H26N6OS. The van der Waals surface area contributed by atoms with E-state index in [9.17, 15) is 4.79 Å². The summed E-state index contributed by atoms with van der Waals surface area (Å²) in [5.41, 5.74) is 3.39. The van der Waals surface area contributed by atoms with Gasteiger partial charge in [-0.15, -0.1) is 10.2 Å². The number of nitriles is 1. The summed E-state index contributed by atoms with van der Waals surface area (Å²) in [5, 5.41) is 21.1. The molecule has 32 heavy (non-hydrogen) atoms. The molecule has 1 amide bonds. The zero-order valence-corrected chi connectivity index (χ0v) is 19.1. The number of rotatable bonds is 6. The largest absolute Gasteiger partial charge is 0.341 e. The van der Waals surface area contributed by atoms with Gasteiger partial charge in [0.2, 0.25) is 11.9 Å². The summed E-state index contributed by atoms with van der Waals surface area (Å²) in [6.07, 6.45) is 3.53. The molecule has 0 radical (unpaired) electrons. The maximum absolute atomic E-state index is 12.8. The summed E-state index contributed by atoms with van der Waals surface area (Å²) < 4.78 is 2.06. The van der Waals surface area contributed by atoms with Gasteiger partial charge in [0.05, 0.1) is 22.6 Å². The molecule has 1 unspecified atom stereocenters. The molecule has 8 heteroatoms. The van der Waals surface area contributed by atoms with E-state index in [0.717, 1.165) is 37.6 Å². The SMILES string of the molecule is Cc1ccc(-n2c(SC(C)C(=O)Nc3ccc(C#N)cc3)nnc2N2CCCCC2)cc1. The quantitative estimate of drug-likeness (QED) is 0.559. The number of anilines is 2. The fraction of sp³-hybridized carbons (Fsp3) is 0.333. The lowest BCUT2D eigenvalue weighted by molar-refractivity contribution is -0.115. The third-order valence-electron chi connectivity index (χ3n) is 5.48. The number of hydrogen-bond acceptors (Lipinski definition) is 6. The summed E-state index contributed by atoms with van der Waals surface area (Å²) in [6.45, 7) is 5.85. The van der Waals surface area contributed by atoms with Gasteiger partial charge in [-0.2, -0.15) is 5.26 Å². The number of carbonyl (C=O) groups is 1. The van der Waals surface area contributed by atoms with E-state index in [1.807, 2.05) is 6.92 Å². The Labute approximate surface area is 192 Å². The Hall–Kier alpha value is -3.31. The molecule has 1 saturated heterocycles. The second kappa shape index (κ2) is 9.88. The number of piperidine rings is 1. The minimum absolute atomic E-state index is 0.127. The van der Waals surface area contributed by atoms with E-state index in [4.69, 9.17) is 5.26 Å². The Morgan fingerprint density at radius 1 is 1.06 bits per heavy atom. The second-order valence-corrected chi connectivity index (χ2v) is 9.25. The summed E-state index contributed by atoms with van der Waals surface area (Å²) in [4.78, 5) is 15.1. The topological polar surface area (TPSA) is 86.8 Å². The first-order valence-corrected chi connectivity index (χ1v) is 11.7. The second-order valence-electron chi connectivity index (χ2n) is 7.94. The number of nitrogens with one attached hydrogen (secondary N) is 1. The van der Waals surface area contributed by atoms with Gasteiger partial charge in [-0.3, -0.25) is 9.36 Å². The molecule has 0 saturated carbocycles. The minimum Gasteiger partial charge on any atom is -0.341 e. The summed E-state index contributed by atoms with van der Waals surface area (Å²) in [6, 6.07) is 17.2. The standard InChI is InChI=1S/C24H26N6OS/c1-17-6-12-21(13-7-17)30-23(29-14-4-3-5-15-29)27-28-24(30)32-18(2)22(31)26-20-10-8-19(16-25)9-11-20/h6-13,18H,3-5,14-15H2,1-2H3,(H,26,31). The molecule has 1 aliphatic heterocycles. The molecule has 0 spiro atoms. The van der Waals surface area contributed by atoms with Crippen LogP contribution < -0.4 is 10.2 Å². The molecule has 164 valence electrons. The first-order valence-electron chi connectivity index (χ1n) is 10.8. The molecule has 0 aliphatic carbocycles. The van der Waals surface area contributed by atoms with Gasteiger partial charge in [0, 0.05) is 18.8 Å². The zero-order chi connectivity index (χ0) is 22.5. The third-order valence-corrected chi connectivity index (χ3v) is 6.52. The Morgan fingerprint density at radius 2 is 1.75 bits per heavy atom. The number of nitrogens with zero attached hydrogens (tertiary/aromatic N) is 5. The highest BCUT2D eigenvalue weighted by Crippen LogP contribution is 2.31. The molecule has 2 heterocycles. The lowest BCUT2D eigenvalue weighted by atomic mass is 10.1. The number of thioether (sulfide) groups is 1. The highest BCUT2D eigenvalue weighted by Gasteiger charge is 2.24. The van der Waals surface area contributed by atoms with Gasteiger partial charge in [-0.1, -0.05) is 29.5 Å². The van der Waals surface area contributed by atoms with Crippen molar-refractivity contribution in [2.75, 3.05) is 23.3 Å². The van der Waals surface area contributed by atoms with Crippen LogP contribution in [0.3, 0.4) is 0 Å². The van der Waals surface area contributed by atoms with Gasteiger partial charge >= 0.3 is 0 Å². The van der Waals surface area contributed by atoms with E-state index in [-0.39, 0.29) is 11.2 Å². The smallest absolute Gasteiger partial charge is 0.237 e. The first kappa shape index (κ1) is 21.9. The number of carbonyl (C=O) groups excluding carboxylic acids is 1. The molecule has 1 aliphatic rings. The van der Waals surface area contributed by atoms with Crippen molar-refractivity contribution in [1.29, 1.82) is 5.26 Å². The minimum atomic E-state index is -0.381. The number of aromatic nitrogens is 3. The average molecular weight is 447 g/mol. The Bertz CT molecular complexity index is 1110. The van der Waals surface area contributed by atoms with E-state index in [1.54, 1.807) is 24.3 Å². The fourth-order valence-electron chi connectivity index (χ4n) is 3.64. The van der Waals surface area contributed by atoms with E-state index in [1.165, 1.54) is 23.7 Å². The highest BCUT2D eigenvalue weighted by molar-refractivity contribution is 8.00. The van der Waals surface area contributed by atoms with Crippen LogP contribution in [0.25, 0.3) is 5.69 Å². The molecule has 3 aromatic rings. The van der Waals surface area contributed by atoms with Gasteiger partial charge in [0.25, 0.3) is 0 Å². The number of hydrogen-bond donors (Lipinski definition) is 1. The molecule has 1 aromatic heterocycles. The van der Waals surface area contributed by atoms with Crippen molar-refractivity contribution in [2.45, 2.75) is 43.5 Å². The van der Waals surface area contributed by atoms with Crippen LogP contribution in [0.15, 0.2) is 53.7 Å². The van der Waals surface area contributed by atoms with Crippen LogP contribution in [-0.2, 0) is 4.79 Å². The van der Waals surface area contributed by atoms with E-state index >= 15 is 0 Å². The van der Waals surface area contributed by atoms with E-state index in [0.29, 0.717) is 16.4 Å². The van der Waals surface area contributed by atoms with Gasteiger partial charge in [-0.25, -0.2) is 0 Å². The van der Waals surface area contributed by atoms with Crippen LogP contribution in [0.5, 0.6) is 0 Å². The van der Waals surface area contributed by atoms with Crippen molar-refractivity contribution in [3.63, 3.8) is 0 Å². The van der Waals surface area contributed by atoms with E-state index < -0.39 is 0 Å². The summed E-state index contributed by atoms with van der Waals surface area (Å²) >= 11 is 1.39. The van der Waals surface area contributed by atoms with E-state index in [2.05, 4.69) is 62.2 Å². The van der Waals surface area contributed by atoms with Crippen LogP contribution in [-0.4, -0.2) is 39.0 Å². The monoisotopic (exact) mass is 446 g/mol. The molecular weight excluding hydrogens is 420 g/mol. The Kier molecular flexibility index (Phi) is 6.76. The molecule has 2 aromatic carbocycles. The Balaban J connectivity index is 1.56. The highest BCUT2D eigenvalue weighted by atomic mass is 32.2. The van der Waals surface area contributed by atoms with Crippen LogP contribution in [0.4, 0.5) is 11.6 Å². The molecule has 4 rings (SSSR count). The van der Waals surface area contributed by atoms with Gasteiger partial charge in [-0.05, 0) is 69.5 Å². The first-order chi connectivity index (χ1) is 15.5. The van der Waals surface area contributed by atoms with Crippen LogP contribution >= 0.6 is 11.8 Å². The maximum Gasteiger partial charge on any atom is 0.237 e. The van der Waals surface area contributed by atoms with Crippen LogP contribution in [0.1, 0.15) is 37.3 Å². The zero-order valence-electron chi connectivity index (χ0n) is 18.3. The van der Waals surface area contributed by atoms with Gasteiger partial charge < -0.3 is 10.2 Å². The molecule has 1 N–H and O–H groups in total. The van der Waals surface area contributed by atoms with Crippen molar-refractivity contribution in [3.05, 3.63) is 59.7 Å². The fourth-order valence-corrected chi connectivity index (χ4v) is 4.50. The van der Waals surface area contributed by atoms with Crippen molar-refractivity contribution in [2.24, 2.45) is 0 Å². The average Bonchev–Trinajstić information content (AvgIpc) is 3.24. The summed E-state index contributed by atoms with van der Waals surface area (Å²) in [7, 11) is 0. The maximum atomic E-state index is 12.8. The predicted octanol–water partition coefficient (Wildman–Crippen LogP) is 4.56. The normalized spacial score (nSPS) is 14.6. The number of aryl methyl sites for hydroxylation is 1. The molecule has 0 bridgehead atoms.